The number of nitrogens with one attached hydrogen (secondary N) is 1. The number of halogens is 3. The van der Waals surface area contributed by atoms with Gasteiger partial charge in [-0.1, -0.05) is 23.2 Å². The van der Waals surface area contributed by atoms with Crippen LogP contribution >= 0.6 is 23.2 Å². The molecule has 0 unspecified atom stereocenters. The van der Waals surface area contributed by atoms with Gasteiger partial charge in [-0.15, -0.1) is 0 Å². The predicted molar refractivity (Wildman–Crippen MR) is 123 cm³/mol. The molecule has 33 heavy (non-hydrogen) atoms. The van der Waals surface area contributed by atoms with Gasteiger partial charge in [0.25, 0.3) is 5.91 Å². The van der Waals surface area contributed by atoms with Crippen molar-refractivity contribution in [1.29, 1.82) is 0 Å². The minimum Gasteiger partial charge on any atom is -0.481 e. The van der Waals surface area contributed by atoms with Gasteiger partial charge in [-0.05, 0) is 42.5 Å². The summed E-state index contributed by atoms with van der Waals surface area (Å²) >= 11 is 12.4. The molecular formula is C21H15Cl2FN4O4S. The molecule has 4 rings (SSSR count). The molecule has 2 aromatic heterocycles. The number of rotatable bonds is 5. The molecular weight excluding hydrogens is 494 g/mol. The van der Waals surface area contributed by atoms with Crippen molar-refractivity contribution in [3.63, 3.8) is 0 Å². The van der Waals surface area contributed by atoms with Crippen molar-refractivity contribution in [2.45, 2.75) is 0 Å². The number of amides is 1. The highest BCUT2D eigenvalue weighted by Crippen LogP contribution is 2.36. The molecule has 0 aliphatic heterocycles. The maximum Gasteiger partial charge on any atom is 0.266 e. The number of nitrogens with zero attached hydrogens (tertiary/aromatic N) is 3. The number of hydrogen-bond donors (Lipinski definition) is 1. The third-order valence-corrected chi connectivity index (χ3v) is 5.75. The summed E-state index contributed by atoms with van der Waals surface area (Å²) in [5.74, 6) is -1.58. The number of methoxy groups -OCH3 is 1. The van der Waals surface area contributed by atoms with Crippen molar-refractivity contribution in [1.82, 2.24) is 19.5 Å². The van der Waals surface area contributed by atoms with E-state index in [0.29, 0.717) is 33.1 Å². The molecule has 4 aromatic rings. The Hall–Kier alpha value is -3.21. The van der Waals surface area contributed by atoms with Gasteiger partial charge >= 0.3 is 0 Å². The average Bonchev–Trinajstić information content (AvgIpc) is 3.12. The molecule has 0 bridgehead atoms. The van der Waals surface area contributed by atoms with Crippen LogP contribution in [-0.4, -0.2) is 42.5 Å². The molecule has 1 N–H and O–H groups in total. The zero-order valence-electron chi connectivity index (χ0n) is 17.1. The lowest BCUT2D eigenvalue weighted by Crippen LogP contribution is -2.29. The van der Waals surface area contributed by atoms with Crippen LogP contribution < -0.4 is 9.46 Å². The number of hydrogen-bond acceptors (Lipinski definition) is 6. The summed E-state index contributed by atoms with van der Waals surface area (Å²) in [7, 11) is -2.39. The Morgan fingerprint density at radius 1 is 1.18 bits per heavy atom. The highest BCUT2D eigenvalue weighted by Gasteiger charge is 2.22. The summed E-state index contributed by atoms with van der Waals surface area (Å²) in [6, 6.07) is 10.5. The van der Waals surface area contributed by atoms with Gasteiger partial charge in [-0.25, -0.2) is 27.2 Å². The largest absolute Gasteiger partial charge is 0.481 e. The Kier molecular flexibility index (Phi) is 6.00. The smallest absolute Gasteiger partial charge is 0.266 e. The first-order valence-electron chi connectivity index (χ1n) is 9.28. The number of sulfonamides is 1. The molecule has 0 atom stereocenters. The van der Waals surface area contributed by atoms with E-state index in [2.05, 4.69) is 10.1 Å². The summed E-state index contributed by atoms with van der Waals surface area (Å²) < 4.78 is 46.3. The Bertz CT molecular complexity index is 1520. The Balaban J connectivity index is 1.93. The number of carbonyl (C=O) groups excluding carboxylic acids is 1. The third-order valence-electron chi connectivity index (χ3n) is 4.65. The summed E-state index contributed by atoms with van der Waals surface area (Å²) in [6.45, 7) is 0. The van der Waals surface area contributed by atoms with E-state index in [1.165, 1.54) is 17.9 Å². The van der Waals surface area contributed by atoms with Crippen molar-refractivity contribution < 1.29 is 22.3 Å². The normalized spacial score (nSPS) is 11.5. The van der Waals surface area contributed by atoms with Crippen molar-refractivity contribution in [2.75, 3.05) is 13.4 Å². The van der Waals surface area contributed by atoms with Gasteiger partial charge in [0.15, 0.2) is 0 Å². The van der Waals surface area contributed by atoms with Crippen molar-refractivity contribution in [3.8, 4) is 22.8 Å². The van der Waals surface area contributed by atoms with E-state index in [4.69, 9.17) is 27.9 Å². The minimum atomic E-state index is -3.86. The van der Waals surface area contributed by atoms with Gasteiger partial charge in [-0.3, -0.25) is 4.79 Å². The van der Waals surface area contributed by atoms with Crippen LogP contribution in [-0.2, 0) is 10.0 Å². The van der Waals surface area contributed by atoms with Gasteiger partial charge in [-0.2, -0.15) is 5.10 Å². The second-order valence-corrected chi connectivity index (χ2v) is 9.56. The predicted octanol–water partition coefficient (Wildman–Crippen LogP) is 4.23. The van der Waals surface area contributed by atoms with E-state index in [1.54, 1.807) is 41.3 Å². The fourth-order valence-corrected chi connectivity index (χ4v) is 4.17. The van der Waals surface area contributed by atoms with E-state index in [1.807, 2.05) is 0 Å². The maximum absolute atomic E-state index is 15.2. The molecule has 0 aliphatic rings. The first-order chi connectivity index (χ1) is 15.6. The molecule has 12 heteroatoms. The molecule has 0 saturated heterocycles. The first kappa shape index (κ1) is 23.0. The fourth-order valence-electron chi connectivity index (χ4n) is 3.30. The van der Waals surface area contributed by atoms with Crippen LogP contribution in [0.25, 0.3) is 27.8 Å². The SMILES string of the molecule is COc1ncccc1-c1nn(-c2cc(Cl)c(C(=O)NS(C)(=O)=O)cc2F)c2ccc(Cl)cc12. The number of fused-ring (bicyclic) bond motifs is 1. The highest BCUT2D eigenvalue weighted by molar-refractivity contribution is 7.89. The second-order valence-electron chi connectivity index (χ2n) is 6.97. The molecule has 8 nitrogen and oxygen atoms in total. The minimum absolute atomic E-state index is 0.0580. The Morgan fingerprint density at radius 3 is 2.64 bits per heavy atom. The summed E-state index contributed by atoms with van der Waals surface area (Å²) in [5, 5.41) is 5.44. The van der Waals surface area contributed by atoms with Gasteiger partial charge in [0.1, 0.15) is 17.2 Å². The molecule has 0 radical (unpaired) electrons. The molecule has 170 valence electrons. The van der Waals surface area contributed by atoms with E-state index < -0.39 is 21.7 Å². The molecule has 0 aliphatic carbocycles. The number of ether oxygens (including phenoxy) is 1. The monoisotopic (exact) mass is 508 g/mol. The maximum atomic E-state index is 15.2. The quantitative estimate of drug-likeness (QED) is 0.432. The number of pyridine rings is 1. The standard InChI is InChI=1S/C21H15Cl2FN4O4S/c1-32-21-12(4-3-7-25-21)19-14-8-11(22)5-6-17(14)28(26-19)18-10-15(23)13(9-16(18)24)20(29)27-33(2,30)31/h3-10H,1-2H3,(H,27,29). The first-order valence-corrected chi connectivity index (χ1v) is 11.9. The summed E-state index contributed by atoms with van der Waals surface area (Å²) in [5.41, 5.74) is 1.10. The third kappa shape index (κ3) is 4.50. The van der Waals surface area contributed by atoms with Gasteiger partial charge in [0, 0.05) is 16.6 Å². The number of aromatic nitrogens is 3. The average molecular weight is 509 g/mol. The van der Waals surface area contributed by atoms with Crippen LogP contribution in [0.4, 0.5) is 4.39 Å². The van der Waals surface area contributed by atoms with Crippen LogP contribution in [0, 0.1) is 5.82 Å². The van der Waals surface area contributed by atoms with E-state index >= 15 is 4.39 Å². The molecule has 1 amide bonds. The Labute approximate surface area is 198 Å². The molecule has 0 spiro atoms. The summed E-state index contributed by atoms with van der Waals surface area (Å²) in [6.07, 6.45) is 2.37. The van der Waals surface area contributed by atoms with Crippen molar-refractivity contribution >= 4 is 50.0 Å². The van der Waals surface area contributed by atoms with Crippen molar-refractivity contribution in [3.05, 3.63) is 70.1 Å². The van der Waals surface area contributed by atoms with Crippen LogP contribution in [0.2, 0.25) is 10.0 Å². The van der Waals surface area contributed by atoms with Crippen LogP contribution in [0.3, 0.4) is 0 Å². The zero-order chi connectivity index (χ0) is 23.9. The summed E-state index contributed by atoms with van der Waals surface area (Å²) in [4.78, 5) is 16.4. The zero-order valence-corrected chi connectivity index (χ0v) is 19.5. The number of carbonyl (C=O) groups is 1. The van der Waals surface area contributed by atoms with Crippen molar-refractivity contribution in [2.24, 2.45) is 0 Å². The topological polar surface area (TPSA) is 103 Å². The van der Waals surface area contributed by atoms with Crippen LogP contribution in [0.15, 0.2) is 48.7 Å². The highest BCUT2D eigenvalue weighted by atomic mass is 35.5. The lowest BCUT2D eigenvalue weighted by atomic mass is 10.1. The lowest BCUT2D eigenvalue weighted by Gasteiger charge is -2.10. The van der Waals surface area contributed by atoms with Crippen LogP contribution in [0.1, 0.15) is 10.4 Å². The van der Waals surface area contributed by atoms with Crippen LogP contribution in [0.5, 0.6) is 5.88 Å². The second kappa shape index (κ2) is 8.62. The van der Waals surface area contributed by atoms with E-state index in [0.717, 1.165) is 12.3 Å². The fraction of sp³-hybridized carbons (Fsp3) is 0.0952. The molecule has 2 heterocycles. The van der Waals surface area contributed by atoms with E-state index in [-0.39, 0.29) is 16.3 Å². The Morgan fingerprint density at radius 2 is 1.94 bits per heavy atom. The van der Waals surface area contributed by atoms with E-state index in [9.17, 15) is 13.2 Å². The van der Waals surface area contributed by atoms with Gasteiger partial charge < -0.3 is 4.74 Å². The molecule has 0 saturated carbocycles. The molecule has 2 aromatic carbocycles. The van der Waals surface area contributed by atoms with Gasteiger partial charge in [0.05, 0.1) is 35.0 Å². The lowest BCUT2D eigenvalue weighted by molar-refractivity contribution is 0.0981. The van der Waals surface area contributed by atoms with Gasteiger partial charge in [0.2, 0.25) is 15.9 Å². The number of benzene rings is 2. The molecule has 0 fully saturated rings.